The molecule has 0 bridgehead atoms. The van der Waals surface area contributed by atoms with Gasteiger partial charge in [0.15, 0.2) is 0 Å². The molecule has 0 N–H and O–H groups in total. The van der Waals surface area contributed by atoms with E-state index in [0.29, 0.717) is 5.88 Å². The Labute approximate surface area is 97.3 Å². The van der Waals surface area contributed by atoms with Gasteiger partial charge in [0, 0.05) is 36.7 Å². The Kier molecular flexibility index (Phi) is 4.89. The third kappa shape index (κ3) is 3.38. The predicted molar refractivity (Wildman–Crippen MR) is 66.7 cm³/mol. The van der Waals surface area contributed by atoms with Crippen molar-refractivity contribution in [3.63, 3.8) is 0 Å². The zero-order chi connectivity index (χ0) is 11.3. The van der Waals surface area contributed by atoms with Crippen LogP contribution < -0.4 is 4.90 Å². The summed E-state index contributed by atoms with van der Waals surface area (Å²) in [6, 6.07) is 2.10. The maximum absolute atomic E-state index is 5.90. The molecule has 0 spiro atoms. The molecular weight excluding hydrogens is 208 g/mol. The average Bonchev–Trinajstić information content (AvgIpc) is 2.25. The van der Waals surface area contributed by atoms with Crippen molar-refractivity contribution in [3.8, 4) is 0 Å². The van der Waals surface area contributed by atoms with Crippen LogP contribution in [-0.2, 0) is 5.88 Å². The van der Waals surface area contributed by atoms with Gasteiger partial charge >= 0.3 is 0 Å². The summed E-state index contributed by atoms with van der Waals surface area (Å²) in [5.74, 6) is 0.527. The number of nitrogens with zero attached hydrogens (tertiary/aromatic N) is 2. The van der Waals surface area contributed by atoms with Crippen LogP contribution in [0.15, 0.2) is 12.3 Å². The van der Waals surface area contributed by atoms with Crippen LogP contribution in [0.3, 0.4) is 0 Å². The summed E-state index contributed by atoms with van der Waals surface area (Å²) in [6.45, 7) is 5.28. The first-order valence-corrected chi connectivity index (χ1v) is 5.95. The highest BCUT2D eigenvalue weighted by atomic mass is 35.5. The molecule has 0 aliphatic carbocycles. The van der Waals surface area contributed by atoms with Crippen molar-refractivity contribution in [2.75, 3.05) is 18.5 Å². The van der Waals surface area contributed by atoms with E-state index in [1.54, 1.807) is 0 Å². The van der Waals surface area contributed by atoms with E-state index in [1.807, 2.05) is 13.1 Å². The molecule has 0 aliphatic heterocycles. The standard InChI is InChI=1S/C12H19ClN2/c1-4-5-6-15(3)12-7-10(2)14-9-11(12)8-13/h7,9H,4-6,8H2,1-3H3. The smallest absolute Gasteiger partial charge is 0.0509 e. The minimum absolute atomic E-state index is 0.527. The molecule has 84 valence electrons. The molecule has 0 unspecified atom stereocenters. The summed E-state index contributed by atoms with van der Waals surface area (Å²) in [6.07, 6.45) is 4.30. The van der Waals surface area contributed by atoms with E-state index in [4.69, 9.17) is 11.6 Å². The number of anilines is 1. The first-order valence-electron chi connectivity index (χ1n) is 5.41. The molecule has 3 heteroatoms. The van der Waals surface area contributed by atoms with Gasteiger partial charge in [0.2, 0.25) is 0 Å². The monoisotopic (exact) mass is 226 g/mol. The number of aryl methyl sites for hydroxylation is 1. The van der Waals surface area contributed by atoms with Gasteiger partial charge < -0.3 is 4.90 Å². The lowest BCUT2D eigenvalue weighted by molar-refractivity contribution is 0.764. The Morgan fingerprint density at radius 2 is 2.20 bits per heavy atom. The number of rotatable bonds is 5. The molecule has 0 aliphatic rings. The second-order valence-corrected chi connectivity index (χ2v) is 4.13. The van der Waals surface area contributed by atoms with Crippen LogP contribution in [0.2, 0.25) is 0 Å². The Balaban J connectivity index is 2.85. The molecule has 15 heavy (non-hydrogen) atoms. The zero-order valence-electron chi connectivity index (χ0n) is 9.76. The topological polar surface area (TPSA) is 16.1 Å². The van der Waals surface area contributed by atoms with Gasteiger partial charge in [-0.1, -0.05) is 13.3 Å². The molecule has 1 aromatic rings. The predicted octanol–water partition coefficient (Wildman–Crippen LogP) is 3.37. The Morgan fingerprint density at radius 3 is 2.80 bits per heavy atom. The first kappa shape index (κ1) is 12.3. The SMILES string of the molecule is CCCCN(C)c1cc(C)ncc1CCl. The molecule has 0 saturated carbocycles. The fraction of sp³-hybridized carbons (Fsp3) is 0.583. The molecule has 0 fully saturated rings. The minimum Gasteiger partial charge on any atom is -0.374 e. The largest absolute Gasteiger partial charge is 0.374 e. The van der Waals surface area contributed by atoms with Crippen molar-refractivity contribution in [1.29, 1.82) is 0 Å². The van der Waals surface area contributed by atoms with Crippen molar-refractivity contribution < 1.29 is 0 Å². The lowest BCUT2D eigenvalue weighted by Gasteiger charge is -2.21. The summed E-state index contributed by atoms with van der Waals surface area (Å²) >= 11 is 5.90. The maximum Gasteiger partial charge on any atom is 0.0509 e. The molecule has 0 saturated heterocycles. The quantitative estimate of drug-likeness (QED) is 0.716. The highest BCUT2D eigenvalue weighted by Gasteiger charge is 2.07. The van der Waals surface area contributed by atoms with Crippen LogP contribution in [0.1, 0.15) is 31.0 Å². The molecule has 1 aromatic heterocycles. The molecule has 1 rings (SSSR count). The van der Waals surface area contributed by atoms with Gasteiger partial charge in [-0.05, 0) is 19.4 Å². The molecule has 0 amide bonds. The number of alkyl halides is 1. The van der Waals surface area contributed by atoms with Crippen molar-refractivity contribution in [1.82, 2.24) is 4.98 Å². The number of aromatic nitrogens is 1. The van der Waals surface area contributed by atoms with Gasteiger partial charge in [0.25, 0.3) is 0 Å². The molecule has 0 atom stereocenters. The normalized spacial score (nSPS) is 10.4. The van der Waals surface area contributed by atoms with E-state index in [9.17, 15) is 0 Å². The number of pyridine rings is 1. The average molecular weight is 227 g/mol. The Bertz CT molecular complexity index is 312. The summed E-state index contributed by atoms with van der Waals surface area (Å²) in [4.78, 5) is 6.52. The van der Waals surface area contributed by atoms with E-state index in [2.05, 4.69) is 29.9 Å². The van der Waals surface area contributed by atoms with Gasteiger partial charge in [-0.25, -0.2) is 0 Å². The van der Waals surface area contributed by atoms with Gasteiger partial charge in [0.05, 0.1) is 5.88 Å². The highest BCUT2D eigenvalue weighted by molar-refractivity contribution is 6.17. The van der Waals surface area contributed by atoms with Gasteiger partial charge in [-0.15, -0.1) is 11.6 Å². The number of hydrogen-bond acceptors (Lipinski definition) is 2. The number of unbranched alkanes of at least 4 members (excludes halogenated alkanes) is 1. The van der Waals surface area contributed by atoms with E-state index in [-0.39, 0.29) is 0 Å². The van der Waals surface area contributed by atoms with E-state index >= 15 is 0 Å². The molecule has 2 nitrogen and oxygen atoms in total. The third-order valence-corrected chi connectivity index (χ3v) is 2.79. The van der Waals surface area contributed by atoms with Crippen molar-refractivity contribution in [2.24, 2.45) is 0 Å². The lowest BCUT2D eigenvalue weighted by Crippen LogP contribution is -2.20. The van der Waals surface area contributed by atoms with E-state index in [1.165, 1.54) is 18.5 Å². The lowest BCUT2D eigenvalue weighted by atomic mass is 10.2. The van der Waals surface area contributed by atoms with Crippen LogP contribution in [0.4, 0.5) is 5.69 Å². The molecule has 1 heterocycles. The van der Waals surface area contributed by atoms with E-state index in [0.717, 1.165) is 17.8 Å². The van der Waals surface area contributed by atoms with Crippen molar-refractivity contribution in [3.05, 3.63) is 23.5 Å². The van der Waals surface area contributed by atoms with Crippen LogP contribution in [0, 0.1) is 6.92 Å². The summed E-state index contributed by atoms with van der Waals surface area (Å²) in [5.41, 5.74) is 3.37. The zero-order valence-corrected chi connectivity index (χ0v) is 10.5. The first-order chi connectivity index (χ1) is 7.19. The van der Waals surface area contributed by atoms with Crippen LogP contribution in [0.5, 0.6) is 0 Å². The van der Waals surface area contributed by atoms with Crippen LogP contribution in [0.25, 0.3) is 0 Å². The molecule has 0 radical (unpaired) electrons. The highest BCUT2D eigenvalue weighted by Crippen LogP contribution is 2.21. The molecular formula is C12H19ClN2. The second-order valence-electron chi connectivity index (χ2n) is 3.86. The maximum atomic E-state index is 5.90. The Morgan fingerprint density at radius 1 is 1.47 bits per heavy atom. The Hall–Kier alpha value is -0.760. The van der Waals surface area contributed by atoms with Gasteiger partial charge in [-0.3, -0.25) is 4.98 Å². The fourth-order valence-corrected chi connectivity index (χ4v) is 1.75. The van der Waals surface area contributed by atoms with E-state index < -0.39 is 0 Å². The van der Waals surface area contributed by atoms with Gasteiger partial charge in [0.1, 0.15) is 0 Å². The van der Waals surface area contributed by atoms with Gasteiger partial charge in [-0.2, -0.15) is 0 Å². The minimum atomic E-state index is 0.527. The fourth-order valence-electron chi connectivity index (χ4n) is 1.55. The van der Waals surface area contributed by atoms with Crippen molar-refractivity contribution >= 4 is 17.3 Å². The summed E-state index contributed by atoms with van der Waals surface area (Å²) in [5, 5.41) is 0. The third-order valence-electron chi connectivity index (χ3n) is 2.50. The number of halogens is 1. The number of hydrogen-bond donors (Lipinski definition) is 0. The second kappa shape index (κ2) is 5.96. The van der Waals surface area contributed by atoms with Crippen LogP contribution >= 0.6 is 11.6 Å². The summed E-state index contributed by atoms with van der Waals surface area (Å²) < 4.78 is 0. The molecule has 0 aromatic carbocycles. The summed E-state index contributed by atoms with van der Waals surface area (Å²) in [7, 11) is 2.11. The van der Waals surface area contributed by atoms with Crippen molar-refractivity contribution in [2.45, 2.75) is 32.6 Å². The van der Waals surface area contributed by atoms with Crippen LogP contribution in [-0.4, -0.2) is 18.6 Å².